The summed E-state index contributed by atoms with van der Waals surface area (Å²) in [5.41, 5.74) is 0.678. The molecule has 0 heterocycles. The van der Waals surface area contributed by atoms with Gasteiger partial charge in [-0.25, -0.2) is 0 Å². The van der Waals surface area contributed by atoms with E-state index in [9.17, 15) is 4.79 Å². The van der Waals surface area contributed by atoms with Crippen molar-refractivity contribution in [3.63, 3.8) is 0 Å². The summed E-state index contributed by atoms with van der Waals surface area (Å²) < 4.78 is 0.971. The first-order valence-corrected chi connectivity index (χ1v) is 7.30. The lowest BCUT2D eigenvalue weighted by Gasteiger charge is -2.21. The Balaban J connectivity index is 2.88. The van der Waals surface area contributed by atoms with E-state index in [0.717, 1.165) is 29.5 Å². The van der Waals surface area contributed by atoms with Crippen molar-refractivity contribution in [3.8, 4) is 0 Å². The summed E-state index contributed by atoms with van der Waals surface area (Å²) in [4.78, 5) is 14.1. The van der Waals surface area contributed by atoms with Crippen molar-refractivity contribution in [2.75, 3.05) is 13.1 Å². The summed E-state index contributed by atoms with van der Waals surface area (Å²) in [6.07, 6.45) is 1.95. The van der Waals surface area contributed by atoms with Gasteiger partial charge in [-0.3, -0.25) is 4.79 Å². The molecule has 0 bridgehead atoms. The minimum atomic E-state index is 0.0759. The highest BCUT2D eigenvalue weighted by atomic mass is 127. The van der Waals surface area contributed by atoms with Crippen LogP contribution in [0.2, 0.25) is 5.02 Å². The minimum Gasteiger partial charge on any atom is -0.339 e. The number of benzene rings is 1. The van der Waals surface area contributed by atoms with Gasteiger partial charge in [0.1, 0.15) is 0 Å². The van der Waals surface area contributed by atoms with Crippen LogP contribution in [0, 0.1) is 3.57 Å². The van der Waals surface area contributed by atoms with E-state index in [2.05, 4.69) is 36.4 Å². The van der Waals surface area contributed by atoms with Crippen LogP contribution in [0.5, 0.6) is 0 Å². The number of carbonyl (C=O) groups is 1. The Kier molecular flexibility index (Phi) is 6.27. The third-order valence-corrected chi connectivity index (χ3v) is 4.01. The van der Waals surface area contributed by atoms with E-state index in [1.165, 1.54) is 0 Å². The van der Waals surface area contributed by atoms with Crippen LogP contribution in [-0.2, 0) is 0 Å². The van der Waals surface area contributed by atoms with Gasteiger partial charge < -0.3 is 4.90 Å². The maximum absolute atomic E-state index is 12.3. The zero-order valence-corrected chi connectivity index (χ0v) is 13.1. The Morgan fingerprint density at radius 2 is 1.88 bits per heavy atom. The molecule has 0 saturated heterocycles. The largest absolute Gasteiger partial charge is 0.339 e. The van der Waals surface area contributed by atoms with Crippen molar-refractivity contribution in [2.24, 2.45) is 0 Å². The van der Waals surface area contributed by atoms with Gasteiger partial charge in [0.05, 0.1) is 5.02 Å². The summed E-state index contributed by atoms with van der Waals surface area (Å²) in [5.74, 6) is 0.0759. The van der Waals surface area contributed by atoms with Crippen LogP contribution in [-0.4, -0.2) is 23.9 Å². The monoisotopic (exact) mass is 365 g/mol. The van der Waals surface area contributed by atoms with Crippen molar-refractivity contribution in [1.82, 2.24) is 4.90 Å². The van der Waals surface area contributed by atoms with E-state index in [1.54, 1.807) is 6.07 Å². The van der Waals surface area contributed by atoms with E-state index in [1.807, 2.05) is 17.0 Å². The van der Waals surface area contributed by atoms with Gasteiger partial charge in [-0.1, -0.05) is 25.4 Å². The second kappa shape index (κ2) is 7.21. The van der Waals surface area contributed by atoms with Crippen molar-refractivity contribution in [1.29, 1.82) is 0 Å². The molecule has 0 aliphatic heterocycles. The number of halogens is 2. The van der Waals surface area contributed by atoms with Crippen molar-refractivity contribution < 1.29 is 4.79 Å². The molecule has 0 aromatic heterocycles. The molecule has 4 heteroatoms. The molecule has 0 saturated carbocycles. The van der Waals surface area contributed by atoms with Gasteiger partial charge in [-0.2, -0.15) is 0 Å². The van der Waals surface area contributed by atoms with Crippen molar-refractivity contribution >= 4 is 40.1 Å². The normalized spacial score (nSPS) is 10.4. The molecule has 1 aromatic carbocycles. The molecular formula is C13H17ClINO. The molecule has 0 atom stereocenters. The second-order valence-electron chi connectivity index (χ2n) is 3.92. The molecule has 1 amide bonds. The fourth-order valence-corrected chi connectivity index (χ4v) is 2.18. The standard InChI is InChI=1S/C13H17ClINO/c1-3-7-16(8-4-2)13(17)10-5-6-12(15)11(14)9-10/h5-6,9H,3-4,7-8H2,1-2H3. The first-order valence-electron chi connectivity index (χ1n) is 5.84. The van der Waals surface area contributed by atoms with Gasteiger partial charge in [0.15, 0.2) is 0 Å². The van der Waals surface area contributed by atoms with Crippen LogP contribution in [0.15, 0.2) is 18.2 Å². The molecule has 94 valence electrons. The third kappa shape index (κ3) is 4.14. The molecule has 0 radical (unpaired) electrons. The Hall–Kier alpha value is -0.290. The molecule has 0 fully saturated rings. The van der Waals surface area contributed by atoms with E-state index in [4.69, 9.17) is 11.6 Å². The minimum absolute atomic E-state index is 0.0759. The highest BCUT2D eigenvalue weighted by molar-refractivity contribution is 14.1. The van der Waals surface area contributed by atoms with Gasteiger partial charge in [0.25, 0.3) is 5.91 Å². The summed E-state index contributed by atoms with van der Waals surface area (Å²) in [7, 11) is 0. The number of carbonyl (C=O) groups excluding carboxylic acids is 1. The zero-order valence-electron chi connectivity index (χ0n) is 10.2. The van der Waals surface area contributed by atoms with Crippen LogP contribution in [0.3, 0.4) is 0 Å². The molecule has 17 heavy (non-hydrogen) atoms. The van der Waals surface area contributed by atoms with E-state index < -0.39 is 0 Å². The van der Waals surface area contributed by atoms with E-state index >= 15 is 0 Å². The topological polar surface area (TPSA) is 20.3 Å². The lowest BCUT2D eigenvalue weighted by Crippen LogP contribution is -2.32. The molecule has 1 rings (SSSR count). The average Bonchev–Trinajstić information content (AvgIpc) is 2.31. The fourth-order valence-electron chi connectivity index (χ4n) is 1.67. The molecular weight excluding hydrogens is 349 g/mol. The van der Waals surface area contributed by atoms with Crippen LogP contribution >= 0.6 is 34.2 Å². The average molecular weight is 366 g/mol. The SMILES string of the molecule is CCCN(CCC)C(=O)c1ccc(I)c(Cl)c1. The molecule has 0 unspecified atom stereocenters. The first kappa shape index (κ1) is 14.8. The second-order valence-corrected chi connectivity index (χ2v) is 5.49. The number of nitrogens with zero attached hydrogens (tertiary/aromatic N) is 1. The Morgan fingerprint density at radius 1 is 1.29 bits per heavy atom. The lowest BCUT2D eigenvalue weighted by atomic mass is 10.2. The molecule has 0 N–H and O–H groups in total. The molecule has 2 nitrogen and oxygen atoms in total. The summed E-state index contributed by atoms with van der Waals surface area (Å²) >= 11 is 8.20. The van der Waals surface area contributed by atoms with Gasteiger partial charge in [0, 0.05) is 22.2 Å². The predicted octanol–water partition coefficient (Wildman–Crippen LogP) is 4.21. The molecule has 0 aliphatic carbocycles. The van der Waals surface area contributed by atoms with Crippen LogP contribution < -0.4 is 0 Å². The predicted molar refractivity (Wildman–Crippen MR) is 80.7 cm³/mol. The Morgan fingerprint density at radius 3 is 2.35 bits per heavy atom. The smallest absolute Gasteiger partial charge is 0.253 e. The van der Waals surface area contributed by atoms with Gasteiger partial charge in [-0.15, -0.1) is 0 Å². The maximum atomic E-state index is 12.3. The van der Waals surface area contributed by atoms with Gasteiger partial charge in [0.2, 0.25) is 0 Å². The molecule has 0 spiro atoms. The molecule has 0 aliphatic rings. The van der Waals surface area contributed by atoms with Crippen molar-refractivity contribution in [2.45, 2.75) is 26.7 Å². The number of hydrogen-bond donors (Lipinski definition) is 0. The quantitative estimate of drug-likeness (QED) is 0.716. The van der Waals surface area contributed by atoms with Crippen LogP contribution in [0.25, 0.3) is 0 Å². The Labute approximate surface area is 121 Å². The summed E-state index contributed by atoms with van der Waals surface area (Å²) in [6.45, 7) is 5.76. The van der Waals surface area contributed by atoms with Crippen molar-refractivity contribution in [3.05, 3.63) is 32.4 Å². The highest BCUT2D eigenvalue weighted by Crippen LogP contribution is 2.20. The number of hydrogen-bond acceptors (Lipinski definition) is 1. The Bertz CT molecular complexity index is 389. The number of amides is 1. The van der Waals surface area contributed by atoms with E-state index in [-0.39, 0.29) is 5.91 Å². The summed E-state index contributed by atoms with van der Waals surface area (Å²) in [5, 5.41) is 0.643. The first-order chi connectivity index (χ1) is 8.10. The van der Waals surface area contributed by atoms with Gasteiger partial charge in [-0.05, 0) is 53.6 Å². The zero-order chi connectivity index (χ0) is 12.8. The lowest BCUT2D eigenvalue weighted by molar-refractivity contribution is 0.0755. The van der Waals surface area contributed by atoms with Gasteiger partial charge >= 0.3 is 0 Å². The van der Waals surface area contributed by atoms with Crippen LogP contribution in [0.1, 0.15) is 37.0 Å². The third-order valence-electron chi connectivity index (χ3n) is 2.44. The summed E-state index contributed by atoms with van der Waals surface area (Å²) in [6, 6.07) is 5.48. The highest BCUT2D eigenvalue weighted by Gasteiger charge is 2.14. The fraction of sp³-hybridized carbons (Fsp3) is 0.462. The number of rotatable bonds is 5. The molecule has 1 aromatic rings. The van der Waals surface area contributed by atoms with Crippen LogP contribution in [0.4, 0.5) is 0 Å². The maximum Gasteiger partial charge on any atom is 0.253 e. The van der Waals surface area contributed by atoms with E-state index in [0.29, 0.717) is 10.6 Å².